The Labute approximate surface area is 242 Å². The SMILES string of the molecule is CC(C)CCN(C)C(Cc1cscn1)C(=O)NC(Cc1ccc(OCc2ccccn2)cc1)C(=O)NC(C)(C)C. The first kappa shape index (κ1) is 31.2. The van der Waals surface area contributed by atoms with Crippen LogP contribution in [0.15, 0.2) is 59.6 Å². The zero-order valence-corrected chi connectivity index (χ0v) is 25.3. The van der Waals surface area contributed by atoms with Crippen LogP contribution < -0.4 is 15.4 Å². The van der Waals surface area contributed by atoms with Crippen LogP contribution in [0.5, 0.6) is 5.75 Å². The molecular formula is C31H43N5O3S. The second-order valence-corrected chi connectivity index (χ2v) is 12.3. The number of benzene rings is 1. The van der Waals surface area contributed by atoms with E-state index in [-0.39, 0.29) is 11.8 Å². The lowest BCUT2D eigenvalue weighted by Gasteiger charge is -2.30. The van der Waals surface area contributed by atoms with Crippen molar-refractivity contribution >= 4 is 23.2 Å². The van der Waals surface area contributed by atoms with Crippen molar-refractivity contribution in [1.29, 1.82) is 0 Å². The summed E-state index contributed by atoms with van der Waals surface area (Å²) in [6, 6.07) is 12.2. The largest absolute Gasteiger partial charge is 0.487 e. The first-order chi connectivity index (χ1) is 19.0. The summed E-state index contributed by atoms with van der Waals surface area (Å²) in [6.07, 6.45) is 3.55. The summed E-state index contributed by atoms with van der Waals surface area (Å²) in [5.41, 5.74) is 3.99. The third-order valence-corrected chi connectivity index (χ3v) is 7.02. The van der Waals surface area contributed by atoms with E-state index in [2.05, 4.69) is 39.3 Å². The van der Waals surface area contributed by atoms with Crippen LogP contribution in [0.1, 0.15) is 58.0 Å². The highest BCUT2D eigenvalue weighted by molar-refractivity contribution is 7.07. The molecule has 9 heteroatoms. The highest BCUT2D eigenvalue weighted by atomic mass is 32.1. The highest BCUT2D eigenvalue weighted by Gasteiger charge is 2.30. The molecule has 2 N–H and O–H groups in total. The van der Waals surface area contributed by atoms with Gasteiger partial charge >= 0.3 is 0 Å². The maximum atomic E-state index is 13.7. The number of rotatable bonds is 14. The summed E-state index contributed by atoms with van der Waals surface area (Å²) in [5.74, 6) is 0.841. The molecule has 0 saturated carbocycles. The molecule has 2 aromatic heterocycles. The van der Waals surface area contributed by atoms with Crippen LogP contribution in [0.3, 0.4) is 0 Å². The van der Waals surface area contributed by atoms with E-state index in [4.69, 9.17) is 4.74 Å². The fourth-order valence-electron chi connectivity index (χ4n) is 4.13. The summed E-state index contributed by atoms with van der Waals surface area (Å²) < 4.78 is 5.86. The Morgan fingerprint density at radius 2 is 1.75 bits per heavy atom. The Bertz CT molecular complexity index is 1180. The number of carbonyl (C=O) groups excluding carboxylic acids is 2. The number of carbonyl (C=O) groups is 2. The van der Waals surface area contributed by atoms with Gasteiger partial charge in [-0.3, -0.25) is 19.5 Å². The molecule has 2 amide bonds. The molecule has 2 unspecified atom stereocenters. The average molecular weight is 566 g/mol. The Kier molecular flexibility index (Phi) is 11.6. The quantitative estimate of drug-likeness (QED) is 0.296. The zero-order valence-electron chi connectivity index (χ0n) is 24.5. The van der Waals surface area contributed by atoms with Crippen molar-refractivity contribution in [3.05, 3.63) is 76.5 Å². The van der Waals surface area contributed by atoms with Gasteiger partial charge in [-0.25, -0.2) is 4.98 Å². The van der Waals surface area contributed by atoms with Gasteiger partial charge in [0.2, 0.25) is 11.8 Å². The monoisotopic (exact) mass is 565 g/mol. The predicted octanol–water partition coefficient (Wildman–Crippen LogP) is 4.65. The Hall–Kier alpha value is -3.30. The minimum Gasteiger partial charge on any atom is -0.487 e. The van der Waals surface area contributed by atoms with E-state index in [0.29, 0.717) is 31.1 Å². The van der Waals surface area contributed by atoms with Crippen LogP contribution in [0, 0.1) is 5.92 Å². The number of amides is 2. The smallest absolute Gasteiger partial charge is 0.243 e. The first-order valence-electron chi connectivity index (χ1n) is 13.8. The molecule has 1 aromatic carbocycles. The van der Waals surface area contributed by atoms with Crippen LogP contribution >= 0.6 is 11.3 Å². The molecule has 0 fully saturated rings. The lowest BCUT2D eigenvalue weighted by Crippen LogP contribution is -2.57. The zero-order chi connectivity index (χ0) is 29.1. The first-order valence-corrected chi connectivity index (χ1v) is 14.8. The van der Waals surface area contributed by atoms with Gasteiger partial charge in [0.05, 0.1) is 22.9 Å². The van der Waals surface area contributed by atoms with Crippen molar-refractivity contribution in [3.8, 4) is 5.75 Å². The van der Waals surface area contributed by atoms with Crippen LogP contribution in [0.4, 0.5) is 0 Å². The molecule has 0 aliphatic carbocycles. The molecule has 3 aromatic rings. The van der Waals surface area contributed by atoms with Crippen molar-refractivity contribution in [2.24, 2.45) is 5.92 Å². The van der Waals surface area contributed by atoms with E-state index < -0.39 is 17.6 Å². The third-order valence-electron chi connectivity index (χ3n) is 6.39. The van der Waals surface area contributed by atoms with Gasteiger partial charge in [0, 0.05) is 30.0 Å². The van der Waals surface area contributed by atoms with Crippen LogP contribution in [-0.4, -0.2) is 57.9 Å². The topological polar surface area (TPSA) is 96.5 Å². The van der Waals surface area contributed by atoms with Gasteiger partial charge in [-0.2, -0.15) is 0 Å². The van der Waals surface area contributed by atoms with Crippen molar-refractivity contribution in [2.45, 2.75) is 78.1 Å². The second kappa shape index (κ2) is 14.9. The number of hydrogen-bond acceptors (Lipinski definition) is 7. The van der Waals surface area contributed by atoms with Crippen molar-refractivity contribution in [1.82, 2.24) is 25.5 Å². The lowest BCUT2D eigenvalue weighted by molar-refractivity contribution is -0.132. The summed E-state index contributed by atoms with van der Waals surface area (Å²) in [7, 11) is 1.97. The van der Waals surface area contributed by atoms with E-state index >= 15 is 0 Å². The Morgan fingerprint density at radius 3 is 2.35 bits per heavy atom. The van der Waals surface area contributed by atoms with Crippen molar-refractivity contribution < 1.29 is 14.3 Å². The normalized spacial score (nSPS) is 13.2. The summed E-state index contributed by atoms with van der Waals surface area (Å²) in [4.78, 5) is 37.8. The fraction of sp³-hybridized carbons (Fsp3) is 0.484. The van der Waals surface area contributed by atoms with E-state index in [0.717, 1.165) is 29.9 Å². The Morgan fingerprint density at radius 1 is 1.00 bits per heavy atom. The van der Waals surface area contributed by atoms with Gasteiger partial charge < -0.3 is 15.4 Å². The predicted molar refractivity (Wildman–Crippen MR) is 160 cm³/mol. The molecule has 0 aliphatic rings. The van der Waals surface area contributed by atoms with Gasteiger partial charge in [0.25, 0.3) is 0 Å². The molecule has 0 saturated heterocycles. The fourth-order valence-corrected chi connectivity index (χ4v) is 4.71. The van der Waals surface area contributed by atoms with Crippen LogP contribution in [0.25, 0.3) is 0 Å². The molecule has 40 heavy (non-hydrogen) atoms. The molecule has 216 valence electrons. The van der Waals surface area contributed by atoms with Crippen LogP contribution in [0.2, 0.25) is 0 Å². The molecule has 0 spiro atoms. The minimum atomic E-state index is -0.733. The molecule has 0 aliphatic heterocycles. The Balaban J connectivity index is 1.73. The van der Waals surface area contributed by atoms with Gasteiger partial charge in [0.15, 0.2) is 0 Å². The number of nitrogens with zero attached hydrogens (tertiary/aromatic N) is 3. The van der Waals surface area contributed by atoms with Gasteiger partial charge in [-0.15, -0.1) is 11.3 Å². The number of likely N-dealkylation sites (N-methyl/N-ethyl adjacent to an activating group) is 1. The van der Waals surface area contributed by atoms with Crippen LogP contribution in [-0.2, 0) is 29.0 Å². The van der Waals surface area contributed by atoms with Crippen molar-refractivity contribution in [3.63, 3.8) is 0 Å². The number of hydrogen-bond donors (Lipinski definition) is 2. The van der Waals surface area contributed by atoms with E-state index in [1.54, 1.807) is 11.7 Å². The lowest BCUT2D eigenvalue weighted by atomic mass is 10.0. The minimum absolute atomic E-state index is 0.177. The highest BCUT2D eigenvalue weighted by Crippen LogP contribution is 2.17. The van der Waals surface area contributed by atoms with Gasteiger partial charge in [-0.05, 0) is 76.5 Å². The molecule has 2 heterocycles. The number of ether oxygens (including phenoxy) is 1. The molecule has 0 bridgehead atoms. The average Bonchev–Trinajstić information content (AvgIpc) is 3.42. The van der Waals surface area contributed by atoms with E-state index in [1.165, 1.54) is 11.3 Å². The number of pyridine rings is 1. The second-order valence-electron chi connectivity index (χ2n) is 11.6. The van der Waals surface area contributed by atoms with Gasteiger partial charge in [-0.1, -0.05) is 32.0 Å². The number of nitrogens with one attached hydrogen (secondary N) is 2. The molecule has 0 radical (unpaired) electrons. The maximum absolute atomic E-state index is 13.7. The summed E-state index contributed by atoms with van der Waals surface area (Å²) >= 11 is 1.51. The van der Waals surface area contributed by atoms with Crippen molar-refractivity contribution in [2.75, 3.05) is 13.6 Å². The third kappa shape index (κ3) is 10.7. The standard InChI is InChI=1S/C31H43N5O3S/c1-22(2)14-16-36(6)28(18-25-20-40-21-33-25)30(38)34-27(29(37)35-31(3,4)5)17-23-10-12-26(13-11-23)39-19-24-9-7-8-15-32-24/h7-13,15,20-22,27-28H,14,16-19H2,1-6H3,(H,34,38)(H,35,37). The molecule has 2 atom stereocenters. The number of thiazole rings is 1. The van der Waals surface area contributed by atoms with E-state index in [1.807, 2.05) is 75.7 Å². The molecular weight excluding hydrogens is 522 g/mol. The molecule has 3 rings (SSSR count). The summed E-state index contributed by atoms with van der Waals surface area (Å²) in [6.45, 7) is 11.3. The van der Waals surface area contributed by atoms with E-state index in [9.17, 15) is 9.59 Å². The van der Waals surface area contributed by atoms with Gasteiger partial charge in [0.1, 0.15) is 18.4 Å². The molecule has 8 nitrogen and oxygen atoms in total. The maximum Gasteiger partial charge on any atom is 0.243 e. The number of aromatic nitrogens is 2. The summed E-state index contributed by atoms with van der Waals surface area (Å²) in [5, 5.41) is 8.08.